The number of carbonyl (C=O) groups excluding carboxylic acids is 1. The molecule has 0 saturated carbocycles. The molecule has 2 fully saturated rings. The summed E-state index contributed by atoms with van der Waals surface area (Å²) < 4.78 is 18.6. The zero-order valence-corrected chi connectivity index (χ0v) is 11.4. The predicted molar refractivity (Wildman–Crippen MR) is 73.1 cm³/mol. The number of rotatable bonds is 4. The van der Waals surface area contributed by atoms with Crippen molar-refractivity contribution in [2.24, 2.45) is 0 Å². The summed E-state index contributed by atoms with van der Waals surface area (Å²) >= 11 is 0. The van der Waals surface area contributed by atoms with Crippen LogP contribution in [-0.4, -0.2) is 54.5 Å². The second kappa shape index (κ2) is 5.79. The summed E-state index contributed by atoms with van der Waals surface area (Å²) in [6.45, 7) is 3.77. The average Bonchev–Trinajstić information content (AvgIpc) is 2.90. The quantitative estimate of drug-likeness (QED) is 0.837. The van der Waals surface area contributed by atoms with Gasteiger partial charge in [0.1, 0.15) is 0 Å². The topological polar surface area (TPSA) is 32.8 Å². The van der Waals surface area contributed by atoms with Gasteiger partial charge in [0, 0.05) is 19.1 Å². The summed E-state index contributed by atoms with van der Waals surface area (Å²) in [6, 6.07) is 6.66. The molecular formula is C15H19FN2O2. The molecule has 2 heterocycles. The second-order valence-corrected chi connectivity index (χ2v) is 5.41. The van der Waals surface area contributed by atoms with Crippen LogP contribution in [0.2, 0.25) is 0 Å². The first-order valence-electron chi connectivity index (χ1n) is 7.13. The maximum absolute atomic E-state index is 13.3. The van der Waals surface area contributed by atoms with E-state index in [2.05, 4.69) is 4.90 Å². The normalized spacial score (nSPS) is 19.9. The van der Waals surface area contributed by atoms with Gasteiger partial charge in [-0.2, -0.15) is 0 Å². The Labute approximate surface area is 118 Å². The fourth-order valence-corrected chi connectivity index (χ4v) is 2.79. The van der Waals surface area contributed by atoms with Crippen molar-refractivity contribution in [1.82, 2.24) is 9.80 Å². The van der Waals surface area contributed by atoms with Crippen LogP contribution in [0.4, 0.5) is 4.39 Å². The molecule has 2 saturated heterocycles. The Hall–Kier alpha value is -1.62. The highest BCUT2D eigenvalue weighted by Gasteiger charge is 2.35. The molecule has 0 atom stereocenters. The van der Waals surface area contributed by atoms with Crippen molar-refractivity contribution < 1.29 is 13.9 Å². The number of amides is 1. The van der Waals surface area contributed by atoms with E-state index in [1.807, 2.05) is 0 Å². The summed E-state index contributed by atoms with van der Waals surface area (Å²) in [6.07, 6.45) is 2.53. The van der Waals surface area contributed by atoms with Gasteiger partial charge in [-0.1, -0.05) is 12.1 Å². The van der Waals surface area contributed by atoms with Gasteiger partial charge in [-0.05, 0) is 38.1 Å². The summed E-state index contributed by atoms with van der Waals surface area (Å²) in [5.74, 6) is -0.361. The number of hydrogen-bond acceptors (Lipinski definition) is 3. The number of halogens is 1. The first-order valence-corrected chi connectivity index (χ1v) is 7.13. The number of hydrogen-bond donors (Lipinski definition) is 0. The molecule has 0 radical (unpaired) electrons. The number of nitrogens with zero attached hydrogens (tertiary/aromatic N) is 2. The van der Waals surface area contributed by atoms with Crippen LogP contribution in [-0.2, 0) is 4.79 Å². The third-order valence-corrected chi connectivity index (χ3v) is 4.06. The van der Waals surface area contributed by atoms with E-state index in [9.17, 15) is 9.18 Å². The van der Waals surface area contributed by atoms with E-state index in [1.54, 1.807) is 17.0 Å². The lowest BCUT2D eigenvalue weighted by molar-refractivity contribution is -0.140. The highest BCUT2D eigenvalue weighted by molar-refractivity contribution is 5.78. The number of para-hydroxylation sites is 1. The molecule has 108 valence electrons. The standard InChI is InChI=1S/C15H19FN2O2/c16-13-5-1-2-6-14(13)20-11-15(19)18-9-12(10-18)17-7-3-4-8-17/h1-2,5-6,12H,3-4,7-11H2. The van der Waals surface area contributed by atoms with Crippen molar-refractivity contribution in [3.05, 3.63) is 30.1 Å². The van der Waals surface area contributed by atoms with Crippen LogP contribution >= 0.6 is 0 Å². The van der Waals surface area contributed by atoms with E-state index in [4.69, 9.17) is 4.74 Å². The summed E-state index contributed by atoms with van der Waals surface area (Å²) in [7, 11) is 0. The largest absolute Gasteiger partial charge is 0.481 e. The molecule has 4 nitrogen and oxygen atoms in total. The van der Waals surface area contributed by atoms with Gasteiger partial charge in [-0.3, -0.25) is 9.69 Å². The van der Waals surface area contributed by atoms with Crippen LogP contribution in [0.25, 0.3) is 0 Å². The molecule has 5 heteroatoms. The molecule has 1 aromatic rings. The SMILES string of the molecule is O=C(COc1ccccc1F)N1CC(N2CCCC2)C1. The minimum absolute atomic E-state index is 0.0660. The van der Waals surface area contributed by atoms with Crippen molar-refractivity contribution in [2.45, 2.75) is 18.9 Å². The van der Waals surface area contributed by atoms with Crippen molar-refractivity contribution in [3.8, 4) is 5.75 Å². The van der Waals surface area contributed by atoms with Gasteiger partial charge in [0.05, 0.1) is 0 Å². The maximum atomic E-state index is 13.3. The number of ether oxygens (including phenoxy) is 1. The summed E-state index contributed by atoms with van der Waals surface area (Å²) in [4.78, 5) is 16.2. The van der Waals surface area contributed by atoms with Crippen LogP contribution in [0.3, 0.4) is 0 Å². The van der Waals surface area contributed by atoms with Gasteiger partial charge in [0.25, 0.3) is 5.91 Å². The zero-order chi connectivity index (χ0) is 13.9. The molecule has 0 aromatic heterocycles. The van der Waals surface area contributed by atoms with Crippen LogP contribution in [0.15, 0.2) is 24.3 Å². The lowest BCUT2D eigenvalue weighted by Gasteiger charge is -2.43. The Bertz CT molecular complexity index is 483. The molecule has 2 aliphatic heterocycles. The van der Waals surface area contributed by atoms with Crippen molar-refractivity contribution in [1.29, 1.82) is 0 Å². The molecule has 2 aliphatic rings. The third-order valence-electron chi connectivity index (χ3n) is 4.06. The second-order valence-electron chi connectivity index (χ2n) is 5.41. The van der Waals surface area contributed by atoms with Gasteiger partial charge >= 0.3 is 0 Å². The molecule has 0 N–H and O–H groups in total. The number of likely N-dealkylation sites (tertiary alicyclic amines) is 2. The van der Waals surface area contributed by atoms with E-state index >= 15 is 0 Å². The van der Waals surface area contributed by atoms with Crippen molar-refractivity contribution in [2.75, 3.05) is 32.8 Å². The average molecular weight is 278 g/mol. The maximum Gasteiger partial charge on any atom is 0.260 e. The Morgan fingerprint density at radius 1 is 1.25 bits per heavy atom. The first-order chi connectivity index (χ1) is 9.74. The Morgan fingerprint density at radius 3 is 2.65 bits per heavy atom. The minimum Gasteiger partial charge on any atom is -0.481 e. The van der Waals surface area contributed by atoms with Gasteiger partial charge < -0.3 is 9.64 Å². The molecule has 20 heavy (non-hydrogen) atoms. The Morgan fingerprint density at radius 2 is 1.95 bits per heavy atom. The van der Waals surface area contributed by atoms with Crippen LogP contribution < -0.4 is 4.74 Å². The monoisotopic (exact) mass is 278 g/mol. The predicted octanol–water partition coefficient (Wildman–Crippen LogP) is 1.51. The number of carbonyl (C=O) groups is 1. The molecular weight excluding hydrogens is 259 g/mol. The first kappa shape index (κ1) is 13.4. The molecule has 0 spiro atoms. The fraction of sp³-hybridized carbons (Fsp3) is 0.533. The smallest absolute Gasteiger partial charge is 0.260 e. The van der Waals surface area contributed by atoms with Crippen molar-refractivity contribution >= 4 is 5.91 Å². The Balaban J connectivity index is 1.43. The lowest BCUT2D eigenvalue weighted by Crippen LogP contribution is -2.61. The minimum atomic E-state index is -0.432. The van der Waals surface area contributed by atoms with Crippen molar-refractivity contribution in [3.63, 3.8) is 0 Å². The molecule has 0 aliphatic carbocycles. The molecule has 1 amide bonds. The third kappa shape index (κ3) is 2.77. The van der Waals surface area contributed by atoms with E-state index in [0.717, 1.165) is 26.2 Å². The van der Waals surface area contributed by atoms with Gasteiger partial charge in [0.15, 0.2) is 18.2 Å². The molecule has 3 rings (SSSR count). The fourth-order valence-electron chi connectivity index (χ4n) is 2.79. The zero-order valence-electron chi connectivity index (χ0n) is 11.4. The highest BCUT2D eigenvalue weighted by Crippen LogP contribution is 2.21. The van der Waals surface area contributed by atoms with Crippen LogP contribution in [0, 0.1) is 5.82 Å². The summed E-state index contributed by atoms with van der Waals surface area (Å²) in [5, 5.41) is 0. The van der Waals surface area contributed by atoms with E-state index in [-0.39, 0.29) is 18.3 Å². The molecule has 0 bridgehead atoms. The van der Waals surface area contributed by atoms with E-state index in [0.29, 0.717) is 6.04 Å². The molecule has 1 aromatic carbocycles. The number of benzene rings is 1. The van der Waals surface area contributed by atoms with Crippen LogP contribution in [0.5, 0.6) is 5.75 Å². The van der Waals surface area contributed by atoms with Gasteiger partial charge in [-0.25, -0.2) is 4.39 Å². The van der Waals surface area contributed by atoms with Gasteiger partial charge in [0.2, 0.25) is 0 Å². The van der Waals surface area contributed by atoms with E-state index in [1.165, 1.54) is 25.0 Å². The summed E-state index contributed by atoms with van der Waals surface area (Å²) in [5.41, 5.74) is 0. The van der Waals surface area contributed by atoms with E-state index < -0.39 is 5.82 Å². The van der Waals surface area contributed by atoms with Gasteiger partial charge in [-0.15, -0.1) is 0 Å². The van der Waals surface area contributed by atoms with Crippen LogP contribution in [0.1, 0.15) is 12.8 Å². The Kier molecular flexibility index (Phi) is 3.87. The highest BCUT2D eigenvalue weighted by atomic mass is 19.1. The molecule has 0 unspecified atom stereocenters. The lowest BCUT2D eigenvalue weighted by atomic mass is 10.1.